The third-order valence-corrected chi connectivity index (χ3v) is 15.0. The highest BCUT2D eigenvalue weighted by molar-refractivity contribution is 7.00. The van der Waals surface area contributed by atoms with Crippen LogP contribution in [0.15, 0.2) is 135 Å². The van der Waals surface area contributed by atoms with E-state index in [1.807, 2.05) is 24.5 Å². The normalized spacial score (nSPS) is 15.3. The molecule has 9 aromatic rings. The summed E-state index contributed by atoms with van der Waals surface area (Å²) < 4.78 is 20.0. The molecule has 2 aliphatic heterocycles. The topological polar surface area (TPSA) is 45.9 Å². The minimum absolute atomic E-state index is 0.00325. The highest BCUT2D eigenvalue weighted by atomic mass is 16.4. The fourth-order valence-electron chi connectivity index (χ4n) is 11.6. The number of hydrogen-bond donors (Lipinski definition) is 0. The molecule has 3 aliphatic rings. The second-order valence-corrected chi connectivity index (χ2v) is 21.8. The number of hydrogen-bond acceptors (Lipinski definition) is 5. The van der Waals surface area contributed by atoms with Gasteiger partial charge >= 0.3 is 0 Å². The van der Waals surface area contributed by atoms with Gasteiger partial charge in [0.25, 0.3) is 6.71 Å². The van der Waals surface area contributed by atoms with Crippen LogP contribution in [-0.4, -0.2) is 6.71 Å². The van der Waals surface area contributed by atoms with Crippen LogP contribution >= 0.6 is 0 Å². The lowest BCUT2D eigenvalue weighted by Gasteiger charge is -2.44. The molecule has 0 spiro atoms. The molecular formula is C61H57BN2O3. The first-order chi connectivity index (χ1) is 32.0. The summed E-state index contributed by atoms with van der Waals surface area (Å²) in [5.41, 5.74) is 23.5. The van der Waals surface area contributed by atoms with Crippen LogP contribution in [-0.2, 0) is 11.8 Å². The van der Waals surface area contributed by atoms with Gasteiger partial charge in [0.05, 0.1) is 17.6 Å². The minimum Gasteiger partial charge on any atom is -0.464 e. The number of benzene rings is 6. The van der Waals surface area contributed by atoms with Crippen LogP contribution in [0.25, 0.3) is 50.5 Å². The van der Waals surface area contributed by atoms with Crippen molar-refractivity contribution >= 4 is 85.4 Å². The van der Waals surface area contributed by atoms with E-state index in [0.717, 1.165) is 85.0 Å². The molecule has 1 aliphatic carbocycles. The SMILES string of the molecule is Cc1cc2c3c(c1)N(c1c(C)cc(-c4cc5ccccc5o4)cc1C)c1oc4c(c1B3c1ccc(-c3coc5ccccc35)cc1N2c1c(C)cc(C(C)(C)C)cc1C)CC(C(C)(C)C)C=C4. The number of nitrogens with zero attached hydrogens (tertiary/aromatic N) is 2. The van der Waals surface area contributed by atoms with E-state index in [1.165, 1.54) is 61.3 Å². The molecule has 0 amide bonds. The summed E-state index contributed by atoms with van der Waals surface area (Å²) in [7, 11) is 0. The monoisotopic (exact) mass is 876 g/mol. The summed E-state index contributed by atoms with van der Waals surface area (Å²) in [5.74, 6) is 3.10. The highest BCUT2D eigenvalue weighted by Gasteiger charge is 2.49. The van der Waals surface area contributed by atoms with Crippen LogP contribution in [0.4, 0.5) is 34.3 Å². The second-order valence-electron chi connectivity index (χ2n) is 21.8. The van der Waals surface area contributed by atoms with Crippen LogP contribution in [0.5, 0.6) is 0 Å². The molecule has 1 unspecified atom stereocenters. The van der Waals surface area contributed by atoms with E-state index < -0.39 is 0 Å². The van der Waals surface area contributed by atoms with Crippen molar-refractivity contribution in [3.8, 4) is 22.5 Å². The molecule has 0 bridgehead atoms. The molecule has 0 fully saturated rings. The van der Waals surface area contributed by atoms with Gasteiger partial charge in [-0.15, -0.1) is 0 Å². The molecule has 0 radical (unpaired) electrons. The first-order valence-electron chi connectivity index (χ1n) is 23.9. The smallest absolute Gasteiger partial charge is 0.256 e. The van der Waals surface area contributed by atoms with Gasteiger partial charge in [-0.3, -0.25) is 4.90 Å². The third-order valence-electron chi connectivity index (χ3n) is 15.0. The van der Waals surface area contributed by atoms with Gasteiger partial charge in [0.15, 0.2) is 0 Å². The Hall–Kier alpha value is -6.92. The van der Waals surface area contributed by atoms with Gasteiger partial charge in [0, 0.05) is 39.0 Å². The zero-order valence-corrected chi connectivity index (χ0v) is 40.6. The molecule has 1 atom stereocenters. The van der Waals surface area contributed by atoms with Crippen molar-refractivity contribution in [1.82, 2.24) is 0 Å². The van der Waals surface area contributed by atoms with Crippen LogP contribution in [0.3, 0.4) is 0 Å². The second kappa shape index (κ2) is 14.5. The largest absolute Gasteiger partial charge is 0.464 e. The third kappa shape index (κ3) is 6.35. The first kappa shape index (κ1) is 41.5. The molecule has 0 saturated heterocycles. The summed E-state index contributed by atoms with van der Waals surface area (Å²) in [6.45, 7) is 25.3. The van der Waals surface area contributed by atoms with Gasteiger partial charge < -0.3 is 18.2 Å². The van der Waals surface area contributed by atoms with E-state index in [2.05, 4.69) is 189 Å². The molecule has 3 aromatic heterocycles. The maximum atomic E-state index is 7.35. The molecule has 0 saturated carbocycles. The number of fused-ring (bicyclic) bond motifs is 8. The first-order valence-corrected chi connectivity index (χ1v) is 23.9. The molecular weight excluding hydrogens is 819 g/mol. The molecule has 0 N–H and O–H groups in total. The zero-order chi connectivity index (χ0) is 46.4. The zero-order valence-electron chi connectivity index (χ0n) is 40.6. The Morgan fingerprint density at radius 3 is 1.97 bits per heavy atom. The summed E-state index contributed by atoms with van der Waals surface area (Å²) in [6, 6.07) is 40.2. The molecule has 67 heavy (non-hydrogen) atoms. The summed E-state index contributed by atoms with van der Waals surface area (Å²) in [6.07, 6.45) is 7.48. The van der Waals surface area contributed by atoms with Gasteiger partial charge in [0.1, 0.15) is 22.7 Å². The Bertz CT molecular complexity index is 3480. The predicted molar refractivity (Wildman–Crippen MR) is 281 cm³/mol. The predicted octanol–water partition coefficient (Wildman–Crippen LogP) is 15.3. The van der Waals surface area contributed by atoms with E-state index in [1.54, 1.807) is 0 Å². The Balaban J connectivity index is 1.15. The number of furan rings is 3. The molecule has 332 valence electrons. The maximum absolute atomic E-state index is 7.35. The molecule has 5 heterocycles. The van der Waals surface area contributed by atoms with Gasteiger partial charge in [0.2, 0.25) is 5.88 Å². The number of anilines is 6. The van der Waals surface area contributed by atoms with Crippen molar-refractivity contribution in [2.24, 2.45) is 11.3 Å². The Kier molecular flexibility index (Phi) is 9.01. The van der Waals surface area contributed by atoms with E-state index in [0.29, 0.717) is 5.92 Å². The number of allylic oxidation sites excluding steroid dienone is 1. The lowest BCUT2D eigenvalue weighted by Crippen LogP contribution is -2.62. The Morgan fingerprint density at radius 2 is 1.27 bits per heavy atom. The lowest BCUT2D eigenvalue weighted by molar-refractivity contribution is 0.289. The van der Waals surface area contributed by atoms with Gasteiger partial charge in [-0.25, -0.2) is 0 Å². The van der Waals surface area contributed by atoms with Gasteiger partial charge in [-0.2, -0.15) is 0 Å². The summed E-state index contributed by atoms with van der Waals surface area (Å²) in [4.78, 5) is 5.07. The fourth-order valence-corrected chi connectivity index (χ4v) is 11.6. The van der Waals surface area contributed by atoms with Crippen molar-refractivity contribution in [1.29, 1.82) is 0 Å². The average Bonchev–Trinajstić information content (AvgIpc) is 4.02. The molecule has 6 heteroatoms. The van der Waals surface area contributed by atoms with E-state index in [4.69, 9.17) is 13.3 Å². The van der Waals surface area contributed by atoms with Crippen molar-refractivity contribution in [2.75, 3.05) is 9.80 Å². The lowest BCUT2D eigenvalue weighted by atomic mass is 9.33. The average molecular weight is 877 g/mol. The Morgan fingerprint density at radius 1 is 0.612 bits per heavy atom. The van der Waals surface area contributed by atoms with Crippen LogP contribution in [0, 0.1) is 46.0 Å². The fraction of sp³-hybridized carbons (Fsp3) is 0.246. The van der Waals surface area contributed by atoms with Crippen LogP contribution < -0.4 is 26.2 Å². The van der Waals surface area contributed by atoms with E-state index in [-0.39, 0.29) is 17.5 Å². The summed E-state index contributed by atoms with van der Waals surface area (Å²) in [5, 5.41) is 2.22. The van der Waals surface area contributed by atoms with Crippen molar-refractivity contribution in [2.45, 2.75) is 88.0 Å². The van der Waals surface area contributed by atoms with Crippen LogP contribution in [0.1, 0.15) is 86.2 Å². The minimum atomic E-state index is -0.0808. The summed E-state index contributed by atoms with van der Waals surface area (Å²) >= 11 is 0. The quantitative estimate of drug-likeness (QED) is 0.165. The number of rotatable bonds is 4. The van der Waals surface area contributed by atoms with Crippen molar-refractivity contribution in [3.63, 3.8) is 0 Å². The standard InChI is InChI=1S/C61H57BN2O3/c1-34-24-49-56-50(25-34)64(58-35(2)26-41(27-36(58)3)54-31-40-16-12-14-18-51(40)66-54)59-55(45-32-42(60(6,7)8)21-23-53(45)67-59)62(56)47-22-20-39(46-33-65-52-19-15-13-17-44(46)52)30-48(47)63(49)57-37(4)28-43(29-38(57)5)61(9,10)11/h12-31,33,42H,32H2,1-11H3. The van der Waals surface area contributed by atoms with E-state index in [9.17, 15) is 0 Å². The maximum Gasteiger partial charge on any atom is 0.256 e. The molecule has 6 aromatic carbocycles. The van der Waals surface area contributed by atoms with E-state index >= 15 is 0 Å². The van der Waals surface area contributed by atoms with Crippen molar-refractivity contribution in [3.05, 3.63) is 166 Å². The van der Waals surface area contributed by atoms with Crippen LogP contribution in [0.2, 0.25) is 0 Å². The molecule has 5 nitrogen and oxygen atoms in total. The highest BCUT2D eigenvalue weighted by Crippen LogP contribution is 2.51. The van der Waals surface area contributed by atoms with Gasteiger partial charge in [-0.05, 0) is 173 Å². The van der Waals surface area contributed by atoms with Crippen molar-refractivity contribution < 1.29 is 13.3 Å². The number of aryl methyl sites for hydroxylation is 5. The Labute approximate surface area is 394 Å². The number of para-hydroxylation sites is 2. The molecule has 12 rings (SSSR count). The van der Waals surface area contributed by atoms with Gasteiger partial charge in [-0.1, -0.05) is 108 Å².